The number of carboxylic acids is 1. The Labute approximate surface area is 274 Å². The zero-order valence-corrected chi connectivity index (χ0v) is 31.5. The number of nitrogens with zero attached hydrogens (tertiary/aromatic N) is 2. The minimum absolute atomic E-state index is 0. The third-order valence-electron chi connectivity index (χ3n) is 4.79. The second-order valence-electron chi connectivity index (χ2n) is 7.32. The molecule has 2 heterocycles. The van der Waals surface area contributed by atoms with E-state index in [-0.39, 0.29) is 37.3 Å². The zero-order chi connectivity index (χ0) is 26.8. The quantitative estimate of drug-likeness (QED) is 0.192. The van der Waals surface area contributed by atoms with Crippen LogP contribution in [0.5, 0.6) is 0 Å². The van der Waals surface area contributed by atoms with Gasteiger partial charge < -0.3 is 24.9 Å². The number of nitrogens with one attached hydrogen (secondary N) is 2. The van der Waals surface area contributed by atoms with Gasteiger partial charge in [-0.25, -0.2) is 9.97 Å². The maximum atomic E-state index is 11.2. The topological polar surface area (TPSA) is 141 Å². The van der Waals surface area contributed by atoms with Crippen LogP contribution in [0.2, 0.25) is 0 Å². The number of rotatable bonds is 5. The Hall–Kier alpha value is 1.55. The Morgan fingerprint density at radius 1 is 0.972 bits per heavy atom. The molecule has 15 heteroatoms. The van der Waals surface area contributed by atoms with Gasteiger partial charge in [-0.2, -0.15) is 0 Å². The Morgan fingerprint density at radius 3 is 1.69 bits per heavy atom. The molecule has 4 rings (SSSR count). The van der Waals surface area contributed by atoms with Gasteiger partial charge in [-0.15, -0.1) is 0 Å². The summed E-state index contributed by atoms with van der Waals surface area (Å²) in [6.07, 6.45) is 7.62. The minimum atomic E-state index is -0.717. The number of imidazole rings is 2. The number of hydrogen-bond donors (Lipinski definition) is 4. The number of carbonyl (C=O) groups is 2. The van der Waals surface area contributed by atoms with E-state index in [1.165, 1.54) is 5.69 Å². The van der Waals surface area contributed by atoms with Crippen molar-refractivity contribution in [2.45, 2.75) is 59.8 Å². The van der Waals surface area contributed by atoms with Crippen LogP contribution in [-0.4, -0.2) is 55.3 Å². The molecular formula is C21H34I5N4O5V. The van der Waals surface area contributed by atoms with E-state index in [0.717, 1.165) is 42.8 Å². The first-order chi connectivity index (χ1) is 16.7. The van der Waals surface area contributed by atoms with Crippen molar-refractivity contribution < 1.29 is 29.5 Å². The van der Waals surface area contributed by atoms with Crippen molar-refractivity contribution in [2.75, 3.05) is 13.2 Å². The van der Waals surface area contributed by atoms with Crippen LogP contribution in [0.15, 0.2) is 12.7 Å². The average Bonchev–Trinajstić information content (AvgIpc) is 3.51. The van der Waals surface area contributed by atoms with Gasteiger partial charge in [0.25, 0.3) is 0 Å². The first-order valence-electron chi connectivity index (χ1n) is 10.6. The maximum absolute atomic E-state index is 11.2. The number of halogens is 5. The molecule has 0 saturated heterocycles. The molecule has 2 unspecified atom stereocenters. The number of fused-ring (bicyclic) bond motifs is 2. The molecule has 2 aromatic rings. The molecule has 0 aromatic carbocycles. The molecule has 36 heavy (non-hydrogen) atoms. The fourth-order valence-electron chi connectivity index (χ4n) is 3.66. The number of carbonyl (C=O) groups excluding carboxylic acids is 1. The van der Waals surface area contributed by atoms with Crippen molar-refractivity contribution in [1.82, 2.24) is 19.9 Å². The number of aliphatic hydroxyl groups excluding tert-OH is 1. The molecule has 0 bridgehead atoms. The van der Waals surface area contributed by atoms with Crippen LogP contribution in [0.1, 0.15) is 56.9 Å². The summed E-state index contributed by atoms with van der Waals surface area (Å²) in [4.78, 5) is 35.7. The standard InChI is InChI=1S/C10H14N2O2.C8H10N2O2.C2H6O.CH4.I2.3HI.V/c1-2-14-10(13)5-7-3-8-9(4-7)12-6-11-8;11-8(12)3-5-1-6-7(2-5)10-4-9-6;1-2-3;;1-2;;;;/h6-7H,2-5H2,1H3,(H,11,12);4-5H,1-3H2,(H,9,10)(H,11,12);3H,2H2,1H3;1H4;;3*1H;/q;;;;;;;;+3/p-3. The van der Waals surface area contributed by atoms with Crippen molar-refractivity contribution in [3.05, 3.63) is 35.4 Å². The van der Waals surface area contributed by atoms with Gasteiger partial charge in [-0.1, -0.05) is 7.43 Å². The first kappa shape index (κ1) is 39.7. The molecule has 0 aliphatic heterocycles. The summed E-state index contributed by atoms with van der Waals surface area (Å²) in [6.45, 7) is 4.23. The van der Waals surface area contributed by atoms with Crippen LogP contribution in [0.25, 0.3) is 0 Å². The Bertz CT molecular complexity index is 813. The Kier molecular flexibility index (Phi) is 26.9. The van der Waals surface area contributed by atoms with Crippen LogP contribution in [0.3, 0.4) is 0 Å². The van der Waals surface area contributed by atoms with E-state index in [1.807, 2.05) is 6.92 Å². The number of aromatic amines is 2. The van der Waals surface area contributed by atoms with Crippen molar-refractivity contribution in [1.29, 1.82) is 0 Å². The van der Waals surface area contributed by atoms with E-state index >= 15 is 0 Å². The van der Waals surface area contributed by atoms with Crippen molar-refractivity contribution in [3.63, 3.8) is 0 Å². The van der Waals surface area contributed by atoms with Crippen LogP contribution < -0.4 is 0 Å². The fourth-order valence-corrected chi connectivity index (χ4v) is 3.66. The van der Waals surface area contributed by atoms with E-state index in [9.17, 15) is 9.59 Å². The number of carboxylic acid groups (broad SMARTS) is 1. The molecule has 208 valence electrons. The van der Waals surface area contributed by atoms with Crippen molar-refractivity contribution >= 4 is 109 Å². The van der Waals surface area contributed by atoms with Crippen LogP contribution >= 0.6 is 97.2 Å². The average molecular weight is 1110 g/mol. The Balaban J connectivity index is 0. The normalized spacial score (nSPS) is 13.1. The van der Waals surface area contributed by atoms with Gasteiger partial charge in [-0.3, -0.25) is 9.59 Å². The summed E-state index contributed by atoms with van der Waals surface area (Å²) in [5, 5.41) is 16.1. The molecule has 2 aliphatic carbocycles. The predicted molar refractivity (Wildman–Crippen MR) is 182 cm³/mol. The molecule has 2 atom stereocenters. The summed E-state index contributed by atoms with van der Waals surface area (Å²) in [6, 6.07) is 0. The first-order valence-corrected chi connectivity index (χ1v) is 30.4. The summed E-state index contributed by atoms with van der Waals surface area (Å²) < 4.78 is 4.91. The molecule has 4 N–H and O–H groups in total. The Morgan fingerprint density at radius 2 is 1.36 bits per heavy atom. The molecule has 0 fully saturated rings. The van der Waals surface area contributed by atoms with Crippen LogP contribution in [0, 0.1) is 11.8 Å². The number of aliphatic carboxylic acids is 1. The monoisotopic (exact) mass is 1110 g/mol. The second kappa shape index (κ2) is 24.4. The summed E-state index contributed by atoms with van der Waals surface area (Å²) in [7, 11) is 0. The summed E-state index contributed by atoms with van der Waals surface area (Å²) in [5.74, 6) is -0.186. The molecule has 0 saturated carbocycles. The molecule has 0 radical (unpaired) electrons. The molecule has 9 nitrogen and oxygen atoms in total. The molecule has 2 aromatic heterocycles. The van der Waals surface area contributed by atoms with Gasteiger partial charge in [0.1, 0.15) is 0 Å². The third kappa shape index (κ3) is 18.0. The van der Waals surface area contributed by atoms with E-state index < -0.39 is 5.97 Å². The van der Waals surface area contributed by atoms with E-state index in [4.69, 9.17) is 14.9 Å². The van der Waals surface area contributed by atoms with Gasteiger partial charge in [0.05, 0.1) is 30.6 Å². The molecule has 0 spiro atoms. The fraction of sp³-hybridized carbons (Fsp3) is 0.619. The van der Waals surface area contributed by atoms with E-state index in [0.29, 0.717) is 18.9 Å². The van der Waals surface area contributed by atoms with Gasteiger partial charge in [0, 0.05) is 68.1 Å². The molecule has 2 aliphatic rings. The van der Waals surface area contributed by atoms with Crippen LogP contribution in [0.4, 0.5) is 0 Å². The number of aromatic nitrogens is 4. The predicted octanol–water partition coefficient (Wildman–Crippen LogP) is 6.74. The zero-order valence-electron chi connectivity index (χ0n) is 19.3. The third-order valence-corrected chi connectivity index (χ3v) is 4.79. The van der Waals surface area contributed by atoms with Crippen molar-refractivity contribution in [2.24, 2.45) is 11.8 Å². The molecule has 0 amide bonds. The van der Waals surface area contributed by atoms with Crippen LogP contribution in [-0.2, 0) is 44.9 Å². The second-order valence-corrected chi connectivity index (χ2v) is 42.7. The number of aliphatic hydroxyl groups is 1. The summed E-state index contributed by atoms with van der Waals surface area (Å²) in [5.41, 5.74) is 4.45. The van der Waals surface area contributed by atoms with E-state index in [2.05, 4.69) is 117 Å². The number of hydrogen-bond acceptors (Lipinski definition) is 6. The SMILES string of the molecule is C.CCO.CCOC(=O)CC1Cc2nc[nH]c2C1.II.O=C(O)CC1Cc2nc[nH]c2C1.[I][V]([I])[I]. The van der Waals surface area contributed by atoms with Gasteiger partial charge in [-0.05, 0) is 51.4 Å². The number of esters is 1. The van der Waals surface area contributed by atoms with E-state index in [1.54, 1.807) is 19.6 Å². The van der Waals surface area contributed by atoms with Gasteiger partial charge >= 0.3 is 76.8 Å². The summed E-state index contributed by atoms with van der Waals surface area (Å²) >= 11 is 11.6. The van der Waals surface area contributed by atoms with Gasteiger partial charge in [0.15, 0.2) is 0 Å². The van der Waals surface area contributed by atoms with Crippen molar-refractivity contribution in [3.8, 4) is 0 Å². The number of H-pyrrole nitrogens is 2. The van der Waals surface area contributed by atoms with Gasteiger partial charge in [0.2, 0.25) is 0 Å². The molecular weight excluding hydrogens is 1070 g/mol. The number of ether oxygens (including phenoxy) is 1.